The van der Waals surface area contributed by atoms with Crippen LogP contribution in [0.1, 0.15) is 0 Å². The summed E-state index contributed by atoms with van der Waals surface area (Å²) in [7, 11) is 0. The highest BCUT2D eigenvalue weighted by molar-refractivity contribution is 6.41. The van der Waals surface area contributed by atoms with Crippen molar-refractivity contribution in [1.82, 2.24) is 9.78 Å². The van der Waals surface area contributed by atoms with Gasteiger partial charge in [0.05, 0.1) is 24.3 Å². The molecule has 1 aromatic carbocycles. The van der Waals surface area contributed by atoms with Gasteiger partial charge >= 0.3 is 6.09 Å². The molecule has 1 saturated heterocycles. The van der Waals surface area contributed by atoms with Gasteiger partial charge in [0.2, 0.25) is 0 Å². The van der Waals surface area contributed by atoms with Gasteiger partial charge < -0.3 is 4.74 Å². The highest BCUT2D eigenvalue weighted by atomic mass is 35.5. The van der Waals surface area contributed by atoms with E-state index in [1.54, 1.807) is 0 Å². The number of carbonyl (C=O) groups excluding carboxylic acids is 1. The fourth-order valence-electron chi connectivity index (χ4n) is 2.20. The lowest BCUT2D eigenvalue weighted by molar-refractivity contribution is 0.128. The van der Waals surface area contributed by atoms with Crippen molar-refractivity contribution in [1.29, 1.82) is 0 Å². The number of hydrogen-bond acceptors (Lipinski definition) is 4. The Labute approximate surface area is 135 Å². The number of ether oxygens (including phenoxy) is 1. The van der Waals surface area contributed by atoms with Crippen molar-refractivity contribution in [3.8, 4) is 0 Å². The first-order chi connectivity index (χ1) is 10.6. The molecule has 1 aliphatic rings. The molecule has 6 nitrogen and oxygen atoms in total. The zero-order valence-corrected chi connectivity index (χ0v) is 12.8. The molecule has 0 spiro atoms. The summed E-state index contributed by atoms with van der Waals surface area (Å²) < 4.78 is 6.41. The minimum Gasteiger partial charge on any atom is -0.442 e. The predicted molar refractivity (Wildman–Crippen MR) is 82.6 cm³/mol. The zero-order valence-electron chi connectivity index (χ0n) is 11.3. The molecule has 0 saturated carbocycles. The third-order valence-corrected chi connectivity index (χ3v) is 4.01. The van der Waals surface area contributed by atoms with Gasteiger partial charge in [-0.25, -0.2) is 9.48 Å². The van der Waals surface area contributed by atoms with Crippen LogP contribution >= 0.6 is 23.2 Å². The Morgan fingerprint density at radius 1 is 1.23 bits per heavy atom. The van der Waals surface area contributed by atoms with Crippen LogP contribution in [0.4, 0.5) is 10.5 Å². The fraction of sp³-hybridized carbons (Fsp3) is 0.214. The summed E-state index contributed by atoms with van der Waals surface area (Å²) in [4.78, 5) is 25.4. The van der Waals surface area contributed by atoms with Gasteiger partial charge in [-0.3, -0.25) is 9.69 Å². The Morgan fingerprint density at radius 2 is 1.95 bits per heavy atom. The van der Waals surface area contributed by atoms with Crippen molar-refractivity contribution < 1.29 is 9.53 Å². The Morgan fingerprint density at radius 3 is 2.68 bits per heavy atom. The van der Waals surface area contributed by atoms with E-state index in [1.165, 1.54) is 11.1 Å². The molecular weight excluding hydrogens is 329 g/mol. The molecule has 0 radical (unpaired) electrons. The van der Waals surface area contributed by atoms with E-state index in [0.29, 0.717) is 6.54 Å². The first kappa shape index (κ1) is 14.9. The third kappa shape index (κ3) is 2.80. The third-order valence-electron chi connectivity index (χ3n) is 3.26. The topological polar surface area (TPSA) is 64.4 Å². The lowest BCUT2D eigenvalue weighted by Crippen LogP contribution is -2.31. The van der Waals surface area contributed by atoms with E-state index >= 15 is 0 Å². The number of carbonyl (C=O) groups is 1. The molecule has 8 heteroatoms. The van der Waals surface area contributed by atoms with Gasteiger partial charge in [-0.2, -0.15) is 5.10 Å². The molecule has 0 aliphatic carbocycles. The Balaban J connectivity index is 1.77. The van der Waals surface area contributed by atoms with E-state index in [-0.39, 0.29) is 16.6 Å². The number of cyclic esters (lactones) is 1. The Kier molecular flexibility index (Phi) is 4.04. The zero-order chi connectivity index (χ0) is 15.7. The Bertz CT molecular complexity index is 764. The van der Waals surface area contributed by atoms with Crippen molar-refractivity contribution in [2.24, 2.45) is 0 Å². The van der Waals surface area contributed by atoms with E-state index in [0.717, 1.165) is 10.4 Å². The Hall–Kier alpha value is -2.05. The second kappa shape index (κ2) is 5.98. The van der Waals surface area contributed by atoms with Crippen molar-refractivity contribution in [3.63, 3.8) is 0 Å². The summed E-state index contributed by atoms with van der Waals surface area (Å²) in [6.07, 6.45) is 0.344. The van der Waals surface area contributed by atoms with E-state index in [4.69, 9.17) is 27.9 Å². The number of amides is 1. The molecule has 0 N–H and O–H groups in total. The van der Waals surface area contributed by atoms with Gasteiger partial charge in [0, 0.05) is 5.69 Å². The van der Waals surface area contributed by atoms with Crippen LogP contribution in [0.25, 0.3) is 0 Å². The number of hydrogen-bond donors (Lipinski definition) is 0. The normalized spacial score (nSPS) is 17.6. The first-order valence-electron chi connectivity index (χ1n) is 6.50. The maximum Gasteiger partial charge on any atom is 0.414 e. The van der Waals surface area contributed by atoms with E-state index in [9.17, 15) is 9.59 Å². The predicted octanol–water partition coefficient (Wildman–Crippen LogP) is 2.58. The lowest BCUT2D eigenvalue weighted by Gasteiger charge is -2.12. The van der Waals surface area contributed by atoms with Gasteiger partial charge in [0.15, 0.2) is 0 Å². The van der Waals surface area contributed by atoms with Crippen LogP contribution < -0.4 is 10.5 Å². The molecule has 0 unspecified atom stereocenters. The number of anilines is 1. The van der Waals surface area contributed by atoms with Crippen LogP contribution in [0, 0.1) is 0 Å². The van der Waals surface area contributed by atoms with Gasteiger partial charge in [-0.15, -0.1) is 0 Å². The summed E-state index contributed by atoms with van der Waals surface area (Å²) in [6.45, 7) is 0.446. The minimum atomic E-state index is -0.511. The molecule has 2 heterocycles. The second-order valence-electron chi connectivity index (χ2n) is 4.75. The van der Waals surface area contributed by atoms with Gasteiger partial charge in [0.1, 0.15) is 11.1 Å². The van der Waals surface area contributed by atoms with Gasteiger partial charge in [-0.1, -0.05) is 41.4 Å². The quantitative estimate of drug-likeness (QED) is 0.862. The van der Waals surface area contributed by atoms with E-state index in [2.05, 4.69) is 5.10 Å². The molecule has 0 bridgehead atoms. The lowest BCUT2D eigenvalue weighted by atomic mass is 10.3. The van der Waals surface area contributed by atoms with Crippen LogP contribution in [0.5, 0.6) is 0 Å². The highest BCUT2D eigenvalue weighted by Gasteiger charge is 2.33. The van der Waals surface area contributed by atoms with E-state index in [1.807, 2.05) is 30.3 Å². The summed E-state index contributed by atoms with van der Waals surface area (Å²) in [6, 6.07) is 9.16. The summed E-state index contributed by atoms with van der Waals surface area (Å²) in [5, 5.41) is 3.90. The largest absolute Gasteiger partial charge is 0.442 e. The minimum absolute atomic E-state index is 0.0947. The molecule has 3 rings (SSSR count). The number of rotatable bonds is 3. The summed E-state index contributed by atoms with van der Waals surface area (Å²) in [5.74, 6) is 0. The van der Waals surface area contributed by atoms with Gasteiger partial charge in [0.25, 0.3) is 5.56 Å². The van der Waals surface area contributed by atoms with Crippen molar-refractivity contribution in [2.45, 2.75) is 12.6 Å². The highest BCUT2D eigenvalue weighted by Crippen LogP contribution is 2.22. The number of benzene rings is 1. The van der Waals surface area contributed by atoms with Crippen molar-refractivity contribution in [3.05, 3.63) is 56.9 Å². The molecule has 1 amide bonds. The number of aromatic nitrogens is 2. The number of halogens is 2. The van der Waals surface area contributed by atoms with Crippen LogP contribution in [0.2, 0.25) is 10.0 Å². The molecule has 2 aromatic rings. The van der Waals surface area contributed by atoms with Crippen molar-refractivity contribution >= 4 is 35.0 Å². The molecule has 1 aromatic heterocycles. The molecule has 22 heavy (non-hydrogen) atoms. The smallest absolute Gasteiger partial charge is 0.414 e. The summed E-state index contributed by atoms with van der Waals surface area (Å²) >= 11 is 11.5. The molecule has 1 aliphatic heterocycles. The maximum absolute atomic E-state index is 11.9. The number of nitrogens with zero attached hydrogens (tertiary/aromatic N) is 3. The second-order valence-corrected chi connectivity index (χ2v) is 5.53. The SMILES string of the molecule is O=C1O[C@@H](Cn2ncc(Cl)c(Cl)c2=O)CN1c1ccccc1. The van der Waals surface area contributed by atoms with E-state index < -0.39 is 17.8 Å². The summed E-state index contributed by atoms with van der Waals surface area (Å²) in [5.41, 5.74) is 0.229. The van der Waals surface area contributed by atoms with Crippen LogP contribution in [0.15, 0.2) is 41.3 Å². The average Bonchev–Trinajstić information content (AvgIpc) is 2.89. The van der Waals surface area contributed by atoms with Gasteiger partial charge in [-0.05, 0) is 12.1 Å². The molecule has 114 valence electrons. The molecule has 1 fully saturated rings. The standard InChI is InChI=1S/C14H11Cl2N3O3/c15-11-6-17-19(13(20)12(11)16)8-10-7-18(14(21)22-10)9-4-2-1-3-5-9/h1-6,10H,7-8H2/t10-/m1/s1. The fourth-order valence-corrected chi connectivity index (χ4v) is 2.47. The monoisotopic (exact) mass is 339 g/mol. The first-order valence-corrected chi connectivity index (χ1v) is 7.26. The van der Waals surface area contributed by atoms with Crippen LogP contribution in [-0.4, -0.2) is 28.5 Å². The van der Waals surface area contributed by atoms with Crippen LogP contribution in [0.3, 0.4) is 0 Å². The average molecular weight is 340 g/mol. The number of para-hydroxylation sites is 1. The molecular formula is C14H11Cl2N3O3. The maximum atomic E-state index is 11.9. The molecule has 1 atom stereocenters. The van der Waals surface area contributed by atoms with Crippen LogP contribution in [-0.2, 0) is 11.3 Å². The van der Waals surface area contributed by atoms with Crippen molar-refractivity contribution in [2.75, 3.05) is 11.4 Å².